The Bertz CT molecular complexity index is 265. The average molecular weight is 271 g/mol. The fourth-order valence-corrected chi connectivity index (χ4v) is 1.94. The molecule has 0 radical (unpaired) electrons. The van der Waals surface area contributed by atoms with E-state index < -0.39 is 0 Å². The Morgan fingerprint density at radius 2 is 1.79 bits per heavy atom. The van der Waals surface area contributed by atoms with Gasteiger partial charge in [0.2, 0.25) is 11.8 Å². The van der Waals surface area contributed by atoms with Crippen molar-refractivity contribution in [2.75, 3.05) is 26.2 Å². The van der Waals surface area contributed by atoms with Crippen LogP contribution in [0.2, 0.25) is 0 Å². The number of hydrogen-bond donors (Lipinski definition) is 2. The summed E-state index contributed by atoms with van der Waals surface area (Å²) in [5, 5.41) is 2.80. The molecule has 1 unspecified atom stereocenters. The number of nitrogens with zero attached hydrogens (tertiary/aromatic N) is 1. The van der Waals surface area contributed by atoms with Crippen LogP contribution in [0.1, 0.15) is 46.5 Å². The molecule has 5 heteroatoms. The lowest BCUT2D eigenvalue weighted by atomic mass is 10.0. The number of amides is 2. The first-order valence-corrected chi connectivity index (χ1v) is 7.29. The predicted octanol–water partition coefficient (Wildman–Crippen LogP) is 1.13. The molecule has 0 aliphatic heterocycles. The number of nitrogens with one attached hydrogen (secondary N) is 1. The molecular weight excluding hydrogens is 242 g/mol. The molecule has 0 spiro atoms. The number of carbonyl (C=O) groups is 2. The van der Waals surface area contributed by atoms with Crippen molar-refractivity contribution in [3.63, 3.8) is 0 Å². The summed E-state index contributed by atoms with van der Waals surface area (Å²) in [7, 11) is 0. The molecule has 0 fully saturated rings. The van der Waals surface area contributed by atoms with E-state index >= 15 is 0 Å². The van der Waals surface area contributed by atoms with Gasteiger partial charge in [-0.25, -0.2) is 0 Å². The molecule has 0 bridgehead atoms. The van der Waals surface area contributed by atoms with E-state index in [2.05, 4.69) is 12.2 Å². The number of rotatable bonds is 10. The van der Waals surface area contributed by atoms with Gasteiger partial charge in [-0.15, -0.1) is 0 Å². The van der Waals surface area contributed by atoms with E-state index in [9.17, 15) is 9.59 Å². The van der Waals surface area contributed by atoms with Crippen LogP contribution in [0.3, 0.4) is 0 Å². The quantitative estimate of drug-likeness (QED) is 0.625. The molecule has 0 aliphatic carbocycles. The maximum atomic E-state index is 11.7. The lowest BCUT2D eigenvalue weighted by Gasteiger charge is -2.18. The van der Waals surface area contributed by atoms with Crippen LogP contribution in [0.15, 0.2) is 0 Å². The zero-order chi connectivity index (χ0) is 14.7. The van der Waals surface area contributed by atoms with Gasteiger partial charge in [-0.2, -0.15) is 0 Å². The Balaban J connectivity index is 3.71. The van der Waals surface area contributed by atoms with Crippen LogP contribution >= 0.6 is 0 Å². The molecule has 112 valence electrons. The van der Waals surface area contributed by atoms with E-state index in [0.29, 0.717) is 31.8 Å². The van der Waals surface area contributed by atoms with Crippen molar-refractivity contribution in [3.05, 3.63) is 0 Å². The number of hydrogen-bond acceptors (Lipinski definition) is 3. The molecule has 0 saturated carbocycles. The van der Waals surface area contributed by atoms with Crippen molar-refractivity contribution in [2.45, 2.75) is 46.5 Å². The summed E-state index contributed by atoms with van der Waals surface area (Å²) in [4.78, 5) is 25.0. The molecule has 0 aromatic rings. The topological polar surface area (TPSA) is 75.4 Å². The summed E-state index contributed by atoms with van der Waals surface area (Å²) in [6.07, 6.45) is 2.70. The predicted molar refractivity (Wildman–Crippen MR) is 77.6 cm³/mol. The van der Waals surface area contributed by atoms with Crippen molar-refractivity contribution in [3.8, 4) is 0 Å². The Hall–Kier alpha value is -1.10. The van der Waals surface area contributed by atoms with Gasteiger partial charge in [0.15, 0.2) is 0 Å². The largest absolute Gasteiger partial charge is 0.356 e. The first-order chi connectivity index (χ1) is 9.04. The highest BCUT2D eigenvalue weighted by Gasteiger charge is 2.10. The molecule has 19 heavy (non-hydrogen) atoms. The van der Waals surface area contributed by atoms with Crippen molar-refractivity contribution < 1.29 is 9.59 Å². The third-order valence-electron chi connectivity index (χ3n) is 3.30. The van der Waals surface area contributed by atoms with Crippen molar-refractivity contribution >= 4 is 11.8 Å². The van der Waals surface area contributed by atoms with Gasteiger partial charge in [0.1, 0.15) is 0 Å². The molecule has 0 rings (SSSR count). The summed E-state index contributed by atoms with van der Waals surface area (Å²) in [5.74, 6) is 0.603. The molecule has 0 aliphatic rings. The van der Waals surface area contributed by atoms with E-state index in [1.165, 1.54) is 0 Å². The Morgan fingerprint density at radius 1 is 1.16 bits per heavy atom. The molecule has 0 saturated heterocycles. The van der Waals surface area contributed by atoms with Crippen LogP contribution in [-0.2, 0) is 9.59 Å². The smallest absolute Gasteiger partial charge is 0.224 e. The van der Waals surface area contributed by atoms with Crippen LogP contribution in [0.5, 0.6) is 0 Å². The Morgan fingerprint density at radius 3 is 2.32 bits per heavy atom. The van der Waals surface area contributed by atoms with Crippen molar-refractivity contribution in [1.82, 2.24) is 10.2 Å². The second-order valence-corrected chi connectivity index (χ2v) is 4.89. The van der Waals surface area contributed by atoms with Crippen molar-refractivity contribution in [1.29, 1.82) is 0 Å². The minimum absolute atomic E-state index is 0.0243. The fraction of sp³-hybridized carbons (Fsp3) is 0.857. The SMILES string of the molecule is CCN(CC)C(=O)CCNC(=O)CCC(C)CCN. The first kappa shape index (κ1) is 17.9. The van der Waals surface area contributed by atoms with Gasteiger partial charge >= 0.3 is 0 Å². The van der Waals surface area contributed by atoms with Crippen molar-refractivity contribution in [2.24, 2.45) is 11.7 Å². The Kier molecular flexibility index (Phi) is 10.2. The minimum atomic E-state index is 0.0243. The summed E-state index contributed by atoms with van der Waals surface area (Å²) < 4.78 is 0. The van der Waals surface area contributed by atoms with Gasteiger partial charge in [-0.3, -0.25) is 9.59 Å². The lowest BCUT2D eigenvalue weighted by Crippen LogP contribution is -2.34. The van der Waals surface area contributed by atoms with E-state index in [1.807, 2.05) is 13.8 Å². The highest BCUT2D eigenvalue weighted by molar-refractivity contribution is 5.79. The molecule has 2 amide bonds. The molecule has 3 N–H and O–H groups in total. The maximum absolute atomic E-state index is 11.7. The van der Waals surface area contributed by atoms with Crippen LogP contribution in [0, 0.1) is 5.92 Å². The van der Waals surface area contributed by atoms with Gasteiger partial charge in [-0.05, 0) is 39.2 Å². The number of carbonyl (C=O) groups excluding carboxylic acids is 2. The van der Waals surface area contributed by atoms with Gasteiger partial charge in [0.25, 0.3) is 0 Å². The zero-order valence-electron chi connectivity index (χ0n) is 12.6. The van der Waals surface area contributed by atoms with Gasteiger partial charge in [-0.1, -0.05) is 6.92 Å². The van der Waals surface area contributed by atoms with Crippen LogP contribution in [0.4, 0.5) is 0 Å². The second-order valence-electron chi connectivity index (χ2n) is 4.89. The standard InChI is InChI=1S/C14H29N3O2/c1-4-17(5-2)14(19)9-11-16-13(18)7-6-12(3)8-10-15/h12H,4-11,15H2,1-3H3,(H,16,18). The van der Waals surface area contributed by atoms with E-state index in [-0.39, 0.29) is 11.8 Å². The third kappa shape index (κ3) is 8.59. The zero-order valence-corrected chi connectivity index (χ0v) is 12.6. The first-order valence-electron chi connectivity index (χ1n) is 7.29. The number of nitrogens with two attached hydrogens (primary N) is 1. The van der Waals surface area contributed by atoms with Crippen LogP contribution < -0.4 is 11.1 Å². The summed E-state index contributed by atoms with van der Waals surface area (Å²) in [6.45, 7) is 8.56. The van der Waals surface area contributed by atoms with Gasteiger partial charge in [0.05, 0.1) is 0 Å². The average Bonchev–Trinajstić information content (AvgIpc) is 2.38. The van der Waals surface area contributed by atoms with E-state index in [4.69, 9.17) is 5.73 Å². The molecule has 0 heterocycles. The summed E-state index contributed by atoms with van der Waals surface area (Å²) in [6, 6.07) is 0. The maximum Gasteiger partial charge on any atom is 0.224 e. The summed E-state index contributed by atoms with van der Waals surface area (Å²) >= 11 is 0. The summed E-state index contributed by atoms with van der Waals surface area (Å²) in [5.41, 5.74) is 5.46. The fourth-order valence-electron chi connectivity index (χ4n) is 1.94. The monoisotopic (exact) mass is 271 g/mol. The van der Waals surface area contributed by atoms with Gasteiger partial charge in [0, 0.05) is 32.5 Å². The molecule has 0 aromatic carbocycles. The van der Waals surface area contributed by atoms with Crippen LogP contribution in [-0.4, -0.2) is 42.9 Å². The molecular formula is C14H29N3O2. The highest BCUT2D eigenvalue weighted by atomic mass is 16.2. The Labute approximate surface area is 116 Å². The molecule has 0 aromatic heterocycles. The van der Waals surface area contributed by atoms with Gasteiger partial charge < -0.3 is 16.0 Å². The van der Waals surface area contributed by atoms with Crippen LogP contribution in [0.25, 0.3) is 0 Å². The minimum Gasteiger partial charge on any atom is -0.356 e. The highest BCUT2D eigenvalue weighted by Crippen LogP contribution is 2.08. The normalized spacial score (nSPS) is 12.0. The van der Waals surface area contributed by atoms with E-state index in [1.54, 1.807) is 4.90 Å². The third-order valence-corrected chi connectivity index (χ3v) is 3.30. The lowest BCUT2D eigenvalue weighted by molar-refractivity contribution is -0.130. The molecule has 5 nitrogen and oxygen atoms in total. The van der Waals surface area contributed by atoms with E-state index in [0.717, 1.165) is 25.9 Å². The second kappa shape index (κ2) is 10.8. The molecule has 1 atom stereocenters.